The van der Waals surface area contributed by atoms with E-state index in [1.54, 1.807) is 36.1 Å². The van der Waals surface area contributed by atoms with Crippen LogP contribution in [0.3, 0.4) is 0 Å². The highest BCUT2D eigenvalue weighted by Gasteiger charge is 2.16. The van der Waals surface area contributed by atoms with E-state index in [4.69, 9.17) is 6.11 Å². The summed E-state index contributed by atoms with van der Waals surface area (Å²) in [5.41, 5.74) is 1.08. The Morgan fingerprint density at radius 1 is 1.32 bits per heavy atom. The van der Waals surface area contributed by atoms with Crippen LogP contribution in [0.15, 0.2) is 35.4 Å². The third-order valence-electron chi connectivity index (χ3n) is 3.29. The largest absolute Gasteiger partial charge is 0.487 e. The Morgan fingerprint density at radius 2 is 2.14 bits per heavy atom. The second kappa shape index (κ2) is 5.47. The lowest BCUT2D eigenvalue weighted by atomic mass is 10.2. The van der Waals surface area contributed by atoms with Crippen molar-refractivity contribution in [2.75, 3.05) is 0 Å². The van der Waals surface area contributed by atoms with Crippen molar-refractivity contribution in [3.8, 4) is 11.6 Å². The zero-order valence-electron chi connectivity index (χ0n) is 13.5. The van der Waals surface area contributed by atoms with Gasteiger partial charge in [-0.25, -0.2) is 9.78 Å². The summed E-state index contributed by atoms with van der Waals surface area (Å²) < 4.78 is 17.4. The van der Waals surface area contributed by atoms with Gasteiger partial charge < -0.3 is 9.30 Å². The minimum absolute atomic E-state index is 0.178. The van der Waals surface area contributed by atoms with E-state index in [0.717, 1.165) is 10.2 Å². The van der Waals surface area contributed by atoms with Crippen molar-refractivity contribution in [3.05, 3.63) is 52.3 Å². The molecule has 0 aliphatic rings. The second-order valence-corrected chi connectivity index (χ2v) is 4.90. The third kappa shape index (κ3) is 2.39. The number of rotatable bonds is 4. The highest BCUT2D eigenvalue weighted by Crippen LogP contribution is 2.19. The average Bonchev–Trinajstić information content (AvgIpc) is 3.02. The van der Waals surface area contributed by atoms with Crippen LogP contribution in [0.5, 0.6) is 5.75 Å². The van der Waals surface area contributed by atoms with Gasteiger partial charge in [0.1, 0.15) is 18.1 Å². The van der Waals surface area contributed by atoms with Gasteiger partial charge >= 0.3 is 5.69 Å². The number of aryl methyl sites for hydroxylation is 3. The van der Waals surface area contributed by atoms with E-state index in [9.17, 15) is 4.79 Å². The van der Waals surface area contributed by atoms with E-state index >= 15 is 0 Å². The van der Waals surface area contributed by atoms with Crippen LogP contribution in [-0.2, 0) is 20.7 Å². The molecule has 8 nitrogen and oxygen atoms in total. The summed E-state index contributed by atoms with van der Waals surface area (Å²) in [6, 6.07) is 5.56. The smallest absolute Gasteiger partial charge is 0.369 e. The van der Waals surface area contributed by atoms with Crippen molar-refractivity contribution < 1.29 is 6.11 Å². The van der Waals surface area contributed by atoms with Crippen LogP contribution in [0, 0.1) is 6.92 Å². The summed E-state index contributed by atoms with van der Waals surface area (Å²) in [5.74, 6) is 1.18. The van der Waals surface area contributed by atoms with Crippen molar-refractivity contribution >= 4 is 0 Å². The Hall–Kier alpha value is -2.90. The van der Waals surface area contributed by atoms with Gasteiger partial charge in [-0.2, -0.15) is 4.68 Å². The first-order valence-electron chi connectivity index (χ1n) is 7.17. The number of ether oxygens (including phenoxy) is 1. The fraction of sp³-hybridized carbons (Fsp3) is 0.286. The molecule has 0 saturated heterocycles. The topological polar surface area (TPSA) is 79.8 Å². The summed E-state index contributed by atoms with van der Waals surface area (Å²) in [6.45, 7) is 2.05. The van der Waals surface area contributed by atoms with Crippen molar-refractivity contribution in [3.63, 3.8) is 0 Å². The van der Waals surface area contributed by atoms with Crippen LogP contribution in [0.1, 0.15) is 12.6 Å². The Labute approximate surface area is 128 Å². The maximum Gasteiger partial charge on any atom is 0.369 e. The zero-order chi connectivity index (χ0) is 16.6. The van der Waals surface area contributed by atoms with Gasteiger partial charge in [-0.1, -0.05) is 18.2 Å². The molecule has 0 spiro atoms. The van der Waals surface area contributed by atoms with Gasteiger partial charge in [-0.05, 0) is 29.0 Å². The number of nitrogens with zero attached hydrogens (tertiary/aromatic N) is 6. The van der Waals surface area contributed by atoms with Crippen LogP contribution in [0.4, 0.5) is 0 Å². The number of imidazole rings is 1. The zero-order valence-corrected chi connectivity index (χ0v) is 12.5. The Balaban J connectivity index is 1.90. The summed E-state index contributed by atoms with van der Waals surface area (Å²) in [7, 11) is 3.30. The first-order chi connectivity index (χ1) is 11.0. The molecule has 2 aromatic heterocycles. The monoisotopic (exact) mass is 302 g/mol. The number of hydrogen-bond donors (Lipinski definition) is 0. The van der Waals surface area contributed by atoms with Crippen LogP contribution in [-0.4, -0.2) is 29.3 Å². The fourth-order valence-corrected chi connectivity index (χ4v) is 2.10. The summed E-state index contributed by atoms with van der Waals surface area (Å²) in [6.07, 6.45) is 1.59. The second-order valence-electron chi connectivity index (χ2n) is 4.90. The molecule has 0 bridgehead atoms. The Kier molecular flexibility index (Phi) is 3.19. The fourth-order valence-electron chi connectivity index (χ4n) is 2.10. The van der Waals surface area contributed by atoms with E-state index in [0.29, 0.717) is 23.3 Å². The molecule has 0 aliphatic carbocycles. The standard InChI is InChI=1S/C14H16N6O2/c1-10-6-4-5-7-12(10)22-8-11-13(18(2)9-15-11)20-14(21)19(3)16-17-20/h4-7,9H,8H2,1-3H3/i4T. The van der Waals surface area contributed by atoms with Gasteiger partial charge in [0.25, 0.3) is 0 Å². The highest BCUT2D eigenvalue weighted by atomic mass is 16.5. The van der Waals surface area contributed by atoms with Crippen LogP contribution in [0.25, 0.3) is 5.82 Å². The molecule has 0 unspecified atom stereocenters. The molecular weight excluding hydrogens is 284 g/mol. The van der Waals surface area contributed by atoms with E-state index in [-0.39, 0.29) is 12.3 Å². The SMILES string of the molecule is [3H]c1ccc(OCc2ncn(C)c2-n2nnn(C)c2=O)c(C)c1. The Bertz CT molecular complexity index is 910. The van der Waals surface area contributed by atoms with E-state index in [2.05, 4.69) is 15.4 Å². The number of benzene rings is 1. The lowest BCUT2D eigenvalue weighted by Crippen LogP contribution is -2.24. The third-order valence-corrected chi connectivity index (χ3v) is 3.29. The van der Waals surface area contributed by atoms with Crippen molar-refractivity contribution in [1.82, 2.24) is 29.3 Å². The van der Waals surface area contributed by atoms with Crippen molar-refractivity contribution in [2.24, 2.45) is 14.1 Å². The van der Waals surface area contributed by atoms with Crippen LogP contribution in [0.2, 0.25) is 0 Å². The molecule has 0 N–H and O–H groups in total. The van der Waals surface area contributed by atoms with Gasteiger partial charge in [0.15, 0.2) is 5.82 Å². The molecule has 0 atom stereocenters. The number of hydrogen-bond acceptors (Lipinski definition) is 5. The molecule has 3 aromatic rings. The van der Waals surface area contributed by atoms with E-state index in [1.165, 1.54) is 11.7 Å². The van der Waals surface area contributed by atoms with Gasteiger partial charge in [0.05, 0.1) is 7.70 Å². The van der Waals surface area contributed by atoms with Crippen LogP contribution >= 0.6 is 0 Å². The maximum absolute atomic E-state index is 12.0. The average molecular weight is 302 g/mol. The molecule has 0 saturated carbocycles. The lowest BCUT2D eigenvalue weighted by molar-refractivity contribution is 0.299. The minimum Gasteiger partial charge on any atom is -0.487 e. The lowest BCUT2D eigenvalue weighted by Gasteiger charge is -2.09. The Morgan fingerprint density at radius 3 is 2.82 bits per heavy atom. The summed E-state index contributed by atoms with van der Waals surface area (Å²) >= 11 is 0. The van der Waals surface area contributed by atoms with Gasteiger partial charge in [-0.15, -0.1) is 4.68 Å². The molecule has 114 valence electrons. The molecule has 0 amide bonds. The first kappa shape index (κ1) is 12.8. The van der Waals surface area contributed by atoms with E-state index < -0.39 is 0 Å². The quantitative estimate of drug-likeness (QED) is 0.704. The normalized spacial score (nSPS) is 11.5. The highest BCUT2D eigenvalue weighted by molar-refractivity contribution is 5.33. The minimum atomic E-state index is -0.357. The summed E-state index contributed by atoms with van der Waals surface area (Å²) in [4.78, 5) is 16.3. The predicted octanol–water partition coefficient (Wildman–Crippen LogP) is 0.587. The molecule has 0 radical (unpaired) electrons. The predicted molar refractivity (Wildman–Crippen MR) is 78.9 cm³/mol. The summed E-state index contributed by atoms with van der Waals surface area (Å²) in [5, 5.41) is 7.55. The molecule has 3 rings (SSSR count). The molecule has 2 heterocycles. The first-order valence-corrected chi connectivity index (χ1v) is 6.67. The molecule has 22 heavy (non-hydrogen) atoms. The molecule has 1 aromatic carbocycles. The maximum atomic E-state index is 12.0. The van der Waals surface area contributed by atoms with Gasteiger partial charge in [0.2, 0.25) is 0 Å². The molecular formula is C14H16N6O2. The van der Waals surface area contributed by atoms with Gasteiger partial charge in [-0.3, -0.25) is 0 Å². The number of aromatic nitrogens is 6. The molecule has 0 aliphatic heterocycles. The van der Waals surface area contributed by atoms with Crippen molar-refractivity contribution in [2.45, 2.75) is 13.5 Å². The van der Waals surface area contributed by atoms with Crippen LogP contribution < -0.4 is 10.4 Å². The number of tetrazole rings is 1. The molecule has 0 fully saturated rings. The molecule has 8 heteroatoms. The van der Waals surface area contributed by atoms with E-state index in [1.807, 2.05) is 6.92 Å². The van der Waals surface area contributed by atoms with Crippen molar-refractivity contribution in [1.29, 1.82) is 0 Å². The van der Waals surface area contributed by atoms with Gasteiger partial charge in [0, 0.05) is 14.1 Å². The number of para-hydroxylation sites is 1.